The van der Waals surface area contributed by atoms with Crippen LogP contribution < -0.4 is 9.62 Å². The van der Waals surface area contributed by atoms with E-state index in [4.69, 9.17) is 4.74 Å². The largest absolute Gasteiger partial charge is 0.516 e. The van der Waals surface area contributed by atoms with E-state index < -0.39 is 21.5 Å². The molecular formula is C21H27F3N6O4S2. The van der Waals surface area contributed by atoms with Crippen molar-refractivity contribution in [3.05, 3.63) is 22.7 Å². The number of hydrogen-bond acceptors (Lipinski definition) is 10. The van der Waals surface area contributed by atoms with E-state index in [1.54, 1.807) is 4.72 Å². The fourth-order valence-corrected chi connectivity index (χ4v) is 4.92. The predicted octanol–water partition coefficient (Wildman–Crippen LogP) is 5.72. The Morgan fingerprint density at radius 3 is 2.64 bits per heavy atom. The topological polar surface area (TPSA) is 126 Å². The first-order valence-electron chi connectivity index (χ1n) is 11.5. The third-order valence-electron chi connectivity index (χ3n) is 5.62. The van der Waals surface area contributed by atoms with Gasteiger partial charge in [0, 0.05) is 18.3 Å². The first-order chi connectivity index (χ1) is 17.0. The van der Waals surface area contributed by atoms with Crippen LogP contribution in [-0.4, -0.2) is 49.3 Å². The molecule has 1 aliphatic rings. The number of anilines is 2. The Labute approximate surface area is 211 Å². The zero-order chi connectivity index (χ0) is 26.5. The van der Waals surface area contributed by atoms with E-state index in [9.17, 15) is 26.4 Å². The van der Waals surface area contributed by atoms with Crippen molar-refractivity contribution in [3.63, 3.8) is 0 Å². The molecule has 36 heavy (non-hydrogen) atoms. The SMILES string of the molecule is CCCCOC(=O)c1nnc(N=Nc2cc3c(cc2NS(=O)(=O)C(F)(F)F)N(CC)C(CC)CC3)s1. The summed E-state index contributed by atoms with van der Waals surface area (Å²) in [5.41, 5.74) is -4.55. The van der Waals surface area contributed by atoms with Crippen LogP contribution in [0.3, 0.4) is 0 Å². The first-order valence-corrected chi connectivity index (χ1v) is 13.8. The van der Waals surface area contributed by atoms with E-state index in [2.05, 4.69) is 20.4 Å². The zero-order valence-corrected chi connectivity index (χ0v) is 21.6. The van der Waals surface area contributed by atoms with Crippen LogP contribution in [0, 0.1) is 0 Å². The van der Waals surface area contributed by atoms with Gasteiger partial charge in [0.1, 0.15) is 5.69 Å². The Balaban J connectivity index is 1.96. The number of carbonyl (C=O) groups is 1. The molecule has 1 aromatic heterocycles. The summed E-state index contributed by atoms with van der Waals surface area (Å²) in [6.45, 7) is 6.72. The van der Waals surface area contributed by atoms with Crippen molar-refractivity contribution in [1.29, 1.82) is 0 Å². The first kappa shape index (κ1) is 27.8. The minimum atomic E-state index is -5.70. The predicted molar refractivity (Wildman–Crippen MR) is 130 cm³/mol. The van der Waals surface area contributed by atoms with E-state index >= 15 is 0 Å². The summed E-state index contributed by atoms with van der Waals surface area (Å²) < 4.78 is 69.8. The average molecular weight is 549 g/mol. The fraction of sp³-hybridized carbons (Fsp3) is 0.571. The number of halogens is 3. The molecule has 1 aromatic carbocycles. The molecule has 0 saturated carbocycles. The maximum Gasteiger partial charge on any atom is 0.516 e. The number of nitrogens with zero attached hydrogens (tertiary/aromatic N) is 5. The molecule has 0 bridgehead atoms. The highest BCUT2D eigenvalue weighted by Crippen LogP contribution is 2.41. The van der Waals surface area contributed by atoms with Gasteiger partial charge >= 0.3 is 21.5 Å². The monoisotopic (exact) mass is 548 g/mol. The number of hydrogen-bond donors (Lipinski definition) is 1. The molecule has 0 spiro atoms. The Morgan fingerprint density at radius 1 is 1.25 bits per heavy atom. The fourth-order valence-electron chi connectivity index (χ4n) is 3.79. The Bertz CT molecular complexity index is 1220. The van der Waals surface area contributed by atoms with E-state index in [-0.39, 0.29) is 34.2 Å². The molecule has 198 valence electrons. The summed E-state index contributed by atoms with van der Waals surface area (Å²) in [7, 11) is -5.70. The van der Waals surface area contributed by atoms with Crippen molar-refractivity contribution in [1.82, 2.24) is 10.2 Å². The number of fused-ring (bicyclic) bond motifs is 1. The number of aryl methyl sites for hydroxylation is 1. The van der Waals surface area contributed by atoms with Crippen molar-refractivity contribution in [2.75, 3.05) is 22.8 Å². The lowest BCUT2D eigenvalue weighted by Crippen LogP contribution is -2.39. The van der Waals surface area contributed by atoms with Gasteiger partial charge in [-0.2, -0.15) is 21.6 Å². The van der Waals surface area contributed by atoms with Gasteiger partial charge in [0.15, 0.2) is 0 Å². The van der Waals surface area contributed by atoms with E-state index in [0.717, 1.165) is 36.2 Å². The lowest BCUT2D eigenvalue weighted by molar-refractivity contribution is -0.0429. The molecule has 15 heteroatoms. The highest BCUT2D eigenvalue weighted by atomic mass is 32.2. The molecule has 1 N–H and O–H groups in total. The highest BCUT2D eigenvalue weighted by Gasteiger charge is 2.46. The van der Waals surface area contributed by atoms with Crippen molar-refractivity contribution in [2.45, 2.75) is 64.4 Å². The number of nitrogens with one attached hydrogen (secondary N) is 1. The van der Waals surface area contributed by atoms with Crippen LogP contribution >= 0.6 is 11.3 Å². The number of ether oxygens (including phenoxy) is 1. The third kappa shape index (κ3) is 6.30. The van der Waals surface area contributed by atoms with Gasteiger partial charge in [-0.05, 0) is 50.3 Å². The van der Waals surface area contributed by atoms with Crippen LogP contribution in [0.25, 0.3) is 0 Å². The molecule has 1 atom stereocenters. The lowest BCUT2D eigenvalue weighted by Gasteiger charge is -2.38. The Kier molecular flexibility index (Phi) is 8.87. The maximum absolute atomic E-state index is 13.1. The summed E-state index contributed by atoms with van der Waals surface area (Å²) in [6, 6.07) is 3.05. The van der Waals surface area contributed by atoms with Gasteiger partial charge in [-0.1, -0.05) is 31.6 Å². The second-order valence-electron chi connectivity index (χ2n) is 8.02. The summed E-state index contributed by atoms with van der Waals surface area (Å²) in [6.07, 6.45) is 3.85. The summed E-state index contributed by atoms with van der Waals surface area (Å²) in [5.74, 6) is -0.667. The van der Waals surface area contributed by atoms with Crippen molar-refractivity contribution < 1.29 is 31.1 Å². The van der Waals surface area contributed by atoms with Gasteiger partial charge < -0.3 is 9.64 Å². The number of carbonyl (C=O) groups excluding carboxylic acids is 1. The zero-order valence-electron chi connectivity index (χ0n) is 20.0. The van der Waals surface area contributed by atoms with Crippen molar-refractivity contribution >= 4 is 49.5 Å². The molecule has 0 aliphatic carbocycles. The molecule has 0 radical (unpaired) electrons. The summed E-state index contributed by atoms with van der Waals surface area (Å²) in [4.78, 5) is 14.0. The standard InChI is InChI=1S/C21H27F3N6O4S2/c1-4-7-10-34-19(31)18-26-28-20(35-18)27-25-15-11-13-8-9-14(5-2)30(6-3)17(13)12-16(15)29-36(32,33)21(22,23)24/h11-12,14,29H,4-10H2,1-3H3. The van der Waals surface area contributed by atoms with Crippen molar-refractivity contribution in [2.24, 2.45) is 10.2 Å². The third-order valence-corrected chi connectivity index (χ3v) is 7.50. The maximum atomic E-state index is 13.1. The number of unbranched alkanes of at least 4 members (excludes halogenated alkanes) is 1. The van der Waals surface area contributed by atoms with Gasteiger partial charge in [0.2, 0.25) is 5.01 Å². The molecule has 2 heterocycles. The Hall–Kier alpha value is -2.81. The molecule has 0 amide bonds. The number of sulfonamides is 1. The van der Waals surface area contributed by atoms with E-state index in [1.807, 2.05) is 25.7 Å². The van der Waals surface area contributed by atoms with Gasteiger partial charge in [0.25, 0.3) is 5.13 Å². The number of esters is 1. The van der Waals surface area contributed by atoms with Gasteiger partial charge in [-0.25, -0.2) is 4.79 Å². The second-order valence-corrected chi connectivity index (χ2v) is 10.6. The lowest BCUT2D eigenvalue weighted by atomic mass is 9.93. The quantitative estimate of drug-likeness (QED) is 0.228. The Morgan fingerprint density at radius 2 is 2.00 bits per heavy atom. The molecule has 1 aliphatic heterocycles. The molecule has 1 unspecified atom stereocenters. The summed E-state index contributed by atoms with van der Waals surface area (Å²) >= 11 is 0.794. The van der Waals surface area contributed by atoms with Crippen LogP contribution in [0.5, 0.6) is 0 Å². The van der Waals surface area contributed by atoms with Gasteiger partial charge in [-0.3, -0.25) is 4.72 Å². The molecular weight excluding hydrogens is 521 g/mol. The van der Waals surface area contributed by atoms with Crippen LogP contribution in [0.1, 0.15) is 61.8 Å². The van der Waals surface area contributed by atoms with Crippen LogP contribution in [0.2, 0.25) is 0 Å². The number of azo groups is 1. The van der Waals surface area contributed by atoms with Gasteiger partial charge in [0.05, 0.1) is 12.3 Å². The van der Waals surface area contributed by atoms with Crippen LogP contribution in [0.4, 0.5) is 35.4 Å². The van der Waals surface area contributed by atoms with E-state index in [1.165, 1.54) is 12.1 Å². The van der Waals surface area contributed by atoms with E-state index in [0.29, 0.717) is 25.1 Å². The summed E-state index contributed by atoms with van der Waals surface area (Å²) in [5, 5.41) is 15.2. The minimum Gasteiger partial charge on any atom is -0.460 e. The van der Waals surface area contributed by atoms with Crippen molar-refractivity contribution in [3.8, 4) is 0 Å². The second kappa shape index (κ2) is 11.5. The highest BCUT2D eigenvalue weighted by molar-refractivity contribution is 7.93. The minimum absolute atomic E-state index is 0.0407. The average Bonchev–Trinajstić information content (AvgIpc) is 3.30. The number of alkyl halides is 3. The normalized spacial score (nSPS) is 16.3. The smallest absolute Gasteiger partial charge is 0.460 e. The number of benzene rings is 1. The molecule has 10 nitrogen and oxygen atoms in total. The molecule has 0 fully saturated rings. The van der Waals surface area contributed by atoms with Gasteiger partial charge in [-0.15, -0.1) is 20.4 Å². The van der Waals surface area contributed by atoms with Crippen LogP contribution in [-0.2, 0) is 21.2 Å². The van der Waals surface area contributed by atoms with Crippen LogP contribution in [0.15, 0.2) is 22.4 Å². The molecule has 0 saturated heterocycles. The molecule has 3 rings (SSSR count). The molecule has 2 aromatic rings. The number of rotatable bonds is 10. The number of aromatic nitrogens is 2.